The fraction of sp³-hybridized carbons (Fsp3) is 0.500. The highest BCUT2D eigenvalue weighted by Gasteiger charge is 2.41. The first kappa shape index (κ1) is 17.6. The lowest BCUT2D eigenvalue weighted by molar-refractivity contribution is -0.141. The van der Waals surface area contributed by atoms with Gasteiger partial charge in [-0.25, -0.2) is 4.79 Å². The number of likely N-dealkylation sites (tertiary alicyclic amines) is 1. The second-order valence-corrected chi connectivity index (χ2v) is 7.57. The van der Waals surface area contributed by atoms with E-state index in [9.17, 15) is 14.7 Å². The molecule has 1 aromatic rings. The molecule has 0 aliphatic carbocycles. The Bertz CT molecular complexity index is 627. The molecule has 1 aliphatic rings. The van der Waals surface area contributed by atoms with Crippen LogP contribution in [0, 0.1) is 5.92 Å². The summed E-state index contributed by atoms with van der Waals surface area (Å²) in [5.74, 6) is -1.92. The standard InChI is InChI=1S/C16H21BrN2O4/c1-16(2,3)23-15(22)19-7-10(11(8-19)14(20)21)9-4-5-12(17)13(18)6-9/h4-6,10-11H,7-8,18H2,1-3H3,(H,20,21). The van der Waals surface area contributed by atoms with E-state index in [0.717, 1.165) is 10.0 Å². The molecule has 0 spiro atoms. The second-order valence-electron chi connectivity index (χ2n) is 6.72. The highest BCUT2D eigenvalue weighted by atomic mass is 79.9. The maximum Gasteiger partial charge on any atom is 0.410 e. The van der Waals surface area contributed by atoms with Crippen molar-refractivity contribution in [1.29, 1.82) is 0 Å². The summed E-state index contributed by atoms with van der Waals surface area (Å²) in [6.45, 7) is 5.77. The van der Waals surface area contributed by atoms with Crippen LogP contribution in [-0.2, 0) is 9.53 Å². The first-order chi connectivity index (χ1) is 10.6. The largest absolute Gasteiger partial charge is 0.481 e. The summed E-state index contributed by atoms with van der Waals surface area (Å²) in [6.07, 6.45) is -0.490. The van der Waals surface area contributed by atoms with Gasteiger partial charge in [0.05, 0.1) is 5.92 Å². The van der Waals surface area contributed by atoms with Crippen LogP contribution in [0.25, 0.3) is 0 Å². The Labute approximate surface area is 143 Å². The number of ether oxygens (including phenoxy) is 1. The van der Waals surface area contributed by atoms with E-state index >= 15 is 0 Å². The van der Waals surface area contributed by atoms with Gasteiger partial charge in [0, 0.05) is 29.2 Å². The van der Waals surface area contributed by atoms with E-state index < -0.39 is 23.6 Å². The number of amides is 1. The minimum absolute atomic E-state index is 0.130. The lowest BCUT2D eigenvalue weighted by Crippen LogP contribution is -2.35. The number of aliphatic carboxylic acids is 1. The summed E-state index contributed by atoms with van der Waals surface area (Å²) in [6, 6.07) is 5.38. The molecule has 126 valence electrons. The zero-order chi connectivity index (χ0) is 17.4. The number of hydrogen-bond acceptors (Lipinski definition) is 4. The van der Waals surface area contributed by atoms with Crippen molar-refractivity contribution in [2.24, 2.45) is 5.92 Å². The minimum atomic E-state index is -0.928. The third kappa shape index (κ3) is 4.16. The van der Waals surface area contributed by atoms with E-state index in [0.29, 0.717) is 12.2 Å². The highest BCUT2D eigenvalue weighted by Crippen LogP contribution is 2.35. The van der Waals surface area contributed by atoms with Crippen molar-refractivity contribution >= 4 is 33.7 Å². The van der Waals surface area contributed by atoms with E-state index in [-0.39, 0.29) is 12.5 Å². The summed E-state index contributed by atoms with van der Waals surface area (Å²) in [4.78, 5) is 25.2. The first-order valence-corrected chi connectivity index (χ1v) is 8.13. The predicted octanol–water partition coefficient (Wildman–Crippen LogP) is 3.07. The first-order valence-electron chi connectivity index (χ1n) is 7.34. The molecule has 1 amide bonds. The van der Waals surface area contributed by atoms with Crippen molar-refractivity contribution in [2.75, 3.05) is 18.8 Å². The molecule has 2 rings (SSSR count). The van der Waals surface area contributed by atoms with Crippen LogP contribution >= 0.6 is 15.9 Å². The van der Waals surface area contributed by atoms with Gasteiger partial charge in [-0.2, -0.15) is 0 Å². The van der Waals surface area contributed by atoms with Gasteiger partial charge >= 0.3 is 12.1 Å². The number of carboxylic acid groups (broad SMARTS) is 1. The molecule has 0 bridgehead atoms. The molecule has 1 aromatic carbocycles. The number of halogens is 1. The van der Waals surface area contributed by atoms with Crippen LogP contribution in [0.15, 0.2) is 22.7 Å². The monoisotopic (exact) mass is 384 g/mol. The molecule has 6 nitrogen and oxygen atoms in total. The normalized spacial score (nSPS) is 21.3. The van der Waals surface area contributed by atoms with Crippen molar-refractivity contribution in [3.63, 3.8) is 0 Å². The van der Waals surface area contributed by atoms with Gasteiger partial charge in [-0.05, 0) is 54.4 Å². The fourth-order valence-electron chi connectivity index (χ4n) is 2.66. The van der Waals surface area contributed by atoms with Crippen molar-refractivity contribution < 1.29 is 19.4 Å². The van der Waals surface area contributed by atoms with Crippen LogP contribution < -0.4 is 5.73 Å². The maximum absolute atomic E-state index is 12.2. The molecule has 1 fully saturated rings. The number of carbonyl (C=O) groups is 2. The van der Waals surface area contributed by atoms with Crippen LogP contribution in [0.1, 0.15) is 32.3 Å². The number of anilines is 1. The average molecular weight is 385 g/mol. The van der Waals surface area contributed by atoms with Crippen molar-refractivity contribution in [1.82, 2.24) is 4.90 Å². The van der Waals surface area contributed by atoms with Crippen LogP contribution in [0.4, 0.5) is 10.5 Å². The van der Waals surface area contributed by atoms with E-state index in [1.54, 1.807) is 32.9 Å². The van der Waals surface area contributed by atoms with Crippen molar-refractivity contribution in [3.8, 4) is 0 Å². The molecule has 2 atom stereocenters. The predicted molar refractivity (Wildman–Crippen MR) is 90.2 cm³/mol. The Morgan fingerprint density at radius 1 is 1.35 bits per heavy atom. The van der Waals surface area contributed by atoms with Gasteiger partial charge in [0.1, 0.15) is 5.60 Å². The summed E-state index contributed by atoms with van der Waals surface area (Å²) < 4.78 is 6.10. The molecule has 7 heteroatoms. The number of nitrogens with zero attached hydrogens (tertiary/aromatic N) is 1. The number of carboxylic acids is 1. The number of nitrogens with two attached hydrogens (primary N) is 1. The van der Waals surface area contributed by atoms with Crippen molar-refractivity contribution in [3.05, 3.63) is 28.2 Å². The molecule has 2 unspecified atom stereocenters. The Hall–Kier alpha value is -1.76. The zero-order valence-electron chi connectivity index (χ0n) is 13.4. The van der Waals surface area contributed by atoms with Gasteiger partial charge in [-0.15, -0.1) is 0 Å². The zero-order valence-corrected chi connectivity index (χ0v) is 15.0. The Balaban J connectivity index is 2.23. The molecule has 0 aromatic heterocycles. The quantitative estimate of drug-likeness (QED) is 0.764. The van der Waals surface area contributed by atoms with Crippen LogP contribution in [-0.4, -0.2) is 40.8 Å². The Morgan fingerprint density at radius 2 is 2.00 bits per heavy atom. The molecular weight excluding hydrogens is 364 g/mol. The lowest BCUT2D eigenvalue weighted by atomic mass is 9.89. The molecule has 0 saturated carbocycles. The minimum Gasteiger partial charge on any atom is -0.481 e. The van der Waals surface area contributed by atoms with Gasteiger partial charge < -0.3 is 20.5 Å². The summed E-state index contributed by atoms with van der Waals surface area (Å²) in [7, 11) is 0. The molecule has 0 radical (unpaired) electrons. The summed E-state index contributed by atoms with van der Waals surface area (Å²) in [5, 5.41) is 9.48. The van der Waals surface area contributed by atoms with Crippen LogP contribution in [0.2, 0.25) is 0 Å². The van der Waals surface area contributed by atoms with E-state index in [1.807, 2.05) is 6.07 Å². The second kappa shape index (κ2) is 6.39. The SMILES string of the molecule is CC(C)(C)OC(=O)N1CC(C(=O)O)C(c2ccc(Br)c(N)c2)C1. The number of nitrogen functional groups attached to an aromatic ring is 1. The van der Waals surface area contributed by atoms with E-state index in [1.165, 1.54) is 4.90 Å². The summed E-state index contributed by atoms with van der Waals surface area (Å²) >= 11 is 3.32. The Kier molecular flexibility index (Phi) is 4.89. The smallest absolute Gasteiger partial charge is 0.410 e. The van der Waals surface area contributed by atoms with Gasteiger partial charge in [0.2, 0.25) is 0 Å². The number of carbonyl (C=O) groups excluding carboxylic acids is 1. The van der Waals surface area contributed by atoms with Gasteiger partial charge in [0.25, 0.3) is 0 Å². The third-order valence-corrected chi connectivity index (χ3v) is 4.46. The number of rotatable bonds is 2. The van der Waals surface area contributed by atoms with E-state index in [2.05, 4.69) is 15.9 Å². The fourth-order valence-corrected chi connectivity index (χ4v) is 2.91. The molecule has 1 heterocycles. The van der Waals surface area contributed by atoms with Gasteiger partial charge in [0.15, 0.2) is 0 Å². The molecular formula is C16H21BrN2O4. The van der Waals surface area contributed by atoms with Crippen LogP contribution in [0.5, 0.6) is 0 Å². The lowest BCUT2D eigenvalue weighted by Gasteiger charge is -2.24. The summed E-state index contributed by atoms with van der Waals surface area (Å²) in [5.41, 5.74) is 6.63. The van der Waals surface area contributed by atoms with Gasteiger partial charge in [-0.3, -0.25) is 4.79 Å². The van der Waals surface area contributed by atoms with E-state index in [4.69, 9.17) is 10.5 Å². The molecule has 1 saturated heterocycles. The highest BCUT2D eigenvalue weighted by molar-refractivity contribution is 9.10. The number of hydrogen-bond donors (Lipinski definition) is 2. The molecule has 1 aliphatic heterocycles. The average Bonchev–Trinajstić information content (AvgIpc) is 2.85. The topological polar surface area (TPSA) is 92.9 Å². The Morgan fingerprint density at radius 3 is 2.52 bits per heavy atom. The van der Waals surface area contributed by atoms with Gasteiger partial charge in [-0.1, -0.05) is 6.07 Å². The van der Waals surface area contributed by atoms with Crippen molar-refractivity contribution in [2.45, 2.75) is 32.3 Å². The maximum atomic E-state index is 12.2. The number of benzene rings is 1. The molecule has 23 heavy (non-hydrogen) atoms. The van der Waals surface area contributed by atoms with Crippen LogP contribution in [0.3, 0.4) is 0 Å². The third-order valence-electron chi connectivity index (χ3n) is 3.74. The molecule has 3 N–H and O–H groups in total.